The summed E-state index contributed by atoms with van der Waals surface area (Å²) in [4.78, 5) is 0. The minimum Gasteiger partial charge on any atom is -0.423 e. The van der Waals surface area contributed by atoms with Crippen molar-refractivity contribution in [3.8, 4) is 21.1 Å². The quantitative estimate of drug-likeness (QED) is 0.562. The summed E-state index contributed by atoms with van der Waals surface area (Å²) in [6, 6.07) is 15.8. The van der Waals surface area contributed by atoms with Crippen LogP contribution in [0.25, 0.3) is 32.0 Å². The topological polar surface area (TPSA) is 71.2 Å². The van der Waals surface area contributed by atoms with Gasteiger partial charge in [-0.1, -0.05) is 41.7 Å². The molecule has 0 spiro atoms. The van der Waals surface area contributed by atoms with E-state index in [0.717, 1.165) is 32.0 Å². The molecule has 0 unspecified atom stereocenters. The molecule has 0 saturated carbocycles. The van der Waals surface area contributed by atoms with Gasteiger partial charge in [-0.15, -0.1) is 10.2 Å². The molecule has 4 aromatic rings. The Kier molecular flexibility index (Phi) is 3.68. The Hall–Kier alpha value is -2.48. The lowest BCUT2D eigenvalue weighted by molar-refractivity contribution is 0.426. The Morgan fingerprint density at radius 3 is 2.38 bits per heavy atom. The molecule has 0 aliphatic rings. The fourth-order valence-electron chi connectivity index (χ4n) is 2.80. The molecular formula is C17H14BN3O2S. The molecule has 24 heavy (non-hydrogen) atoms. The van der Waals surface area contributed by atoms with Crippen molar-refractivity contribution in [2.24, 2.45) is 7.05 Å². The average molecular weight is 335 g/mol. The van der Waals surface area contributed by atoms with E-state index in [1.165, 1.54) is 11.3 Å². The SMILES string of the molecule is Cn1cc(B(O)O)c2cc(-c3nnc(-c4ccccc4)s3)ccc21. The van der Waals surface area contributed by atoms with Gasteiger partial charge >= 0.3 is 7.12 Å². The molecule has 2 aromatic carbocycles. The Labute approximate surface area is 143 Å². The number of nitrogens with zero attached hydrogens (tertiary/aromatic N) is 3. The monoisotopic (exact) mass is 335 g/mol. The molecule has 0 radical (unpaired) electrons. The van der Waals surface area contributed by atoms with Crippen LogP contribution in [0, 0.1) is 0 Å². The van der Waals surface area contributed by atoms with Gasteiger partial charge in [0.1, 0.15) is 10.0 Å². The molecule has 4 rings (SSSR count). The standard InChI is InChI=1S/C17H14BN3O2S/c1-21-10-14(18(22)23)13-9-12(7-8-15(13)21)17-20-19-16(24-17)11-5-3-2-4-6-11/h2-10,22-23H,1H3. The van der Waals surface area contributed by atoms with E-state index in [0.29, 0.717) is 5.46 Å². The number of aromatic nitrogens is 3. The Balaban J connectivity index is 1.80. The lowest BCUT2D eigenvalue weighted by atomic mass is 9.80. The number of hydrogen-bond acceptors (Lipinski definition) is 5. The molecule has 2 aromatic heterocycles. The highest BCUT2D eigenvalue weighted by Gasteiger charge is 2.19. The lowest BCUT2D eigenvalue weighted by Gasteiger charge is -2.00. The molecule has 0 aliphatic carbocycles. The van der Waals surface area contributed by atoms with E-state index in [2.05, 4.69) is 10.2 Å². The summed E-state index contributed by atoms with van der Waals surface area (Å²) in [7, 11) is 0.380. The molecule has 0 saturated heterocycles. The zero-order valence-corrected chi connectivity index (χ0v) is 13.7. The second-order valence-electron chi connectivity index (χ2n) is 5.58. The van der Waals surface area contributed by atoms with Crippen LogP contribution in [0.1, 0.15) is 0 Å². The fourth-order valence-corrected chi connectivity index (χ4v) is 3.64. The van der Waals surface area contributed by atoms with Crippen LogP contribution in [-0.2, 0) is 7.05 Å². The second-order valence-corrected chi connectivity index (χ2v) is 6.56. The average Bonchev–Trinajstić information content (AvgIpc) is 3.21. The third-order valence-electron chi connectivity index (χ3n) is 3.99. The fraction of sp³-hybridized carbons (Fsp3) is 0.0588. The largest absolute Gasteiger partial charge is 0.490 e. The maximum absolute atomic E-state index is 9.57. The molecule has 0 fully saturated rings. The number of benzene rings is 2. The molecule has 7 heteroatoms. The summed E-state index contributed by atoms with van der Waals surface area (Å²) in [6.07, 6.45) is 1.73. The zero-order valence-electron chi connectivity index (χ0n) is 12.9. The maximum atomic E-state index is 9.57. The summed E-state index contributed by atoms with van der Waals surface area (Å²) >= 11 is 1.51. The Morgan fingerprint density at radius 2 is 1.67 bits per heavy atom. The van der Waals surface area contributed by atoms with E-state index in [-0.39, 0.29) is 0 Å². The van der Waals surface area contributed by atoms with Crippen molar-refractivity contribution in [2.45, 2.75) is 0 Å². The molecular weight excluding hydrogens is 321 g/mol. The summed E-state index contributed by atoms with van der Waals surface area (Å²) in [5, 5.41) is 30.2. The Morgan fingerprint density at radius 1 is 0.958 bits per heavy atom. The van der Waals surface area contributed by atoms with Crippen LogP contribution in [0.4, 0.5) is 0 Å². The van der Waals surface area contributed by atoms with Gasteiger partial charge in [-0.2, -0.15) is 0 Å². The first-order valence-electron chi connectivity index (χ1n) is 7.48. The van der Waals surface area contributed by atoms with Gasteiger partial charge in [-0.05, 0) is 18.2 Å². The predicted octanol–water partition coefficient (Wildman–Crippen LogP) is 2.04. The van der Waals surface area contributed by atoms with E-state index in [4.69, 9.17) is 0 Å². The van der Waals surface area contributed by atoms with Crippen LogP contribution >= 0.6 is 11.3 Å². The molecule has 2 heterocycles. The van der Waals surface area contributed by atoms with E-state index in [1.807, 2.05) is 60.1 Å². The van der Waals surface area contributed by atoms with Crippen molar-refractivity contribution >= 4 is 34.8 Å². The zero-order chi connectivity index (χ0) is 16.7. The minimum absolute atomic E-state index is 0.488. The van der Waals surface area contributed by atoms with Crippen molar-refractivity contribution in [1.29, 1.82) is 0 Å². The van der Waals surface area contributed by atoms with Crippen molar-refractivity contribution in [2.75, 3.05) is 0 Å². The molecule has 0 aliphatic heterocycles. The van der Waals surface area contributed by atoms with Gasteiger partial charge in [0, 0.05) is 40.7 Å². The van der Waals surface area contributed by atoms with Gasteiger partial charge in [0.05, 0.1) is 0 Å². The summed E-state index contributed by atoms with van der Waals surface area (Å²) in [5.74, 6) is 0. The van der Waals surface area contributed by atoms with Gasteiger partial charge < -0.3 is 14.6 Å². The van der Waals surface area contributed by atoms with Crippen molar-refractivity contribution < 1.29 is 10.0 Å². The van der Waals surface area contributed by atoms with Crippen LogP contribution in [0.3, 0.4) is 0 Å². The molecule has 0 bridgehead atoms. The van der Waals surface area contributed by atoms with Crippen LogP contribution in [0.2, 0.25) is 0 Å². The van der Waals surface area contributed by atoms with E-state index >= 15 is 0 Å². The van der Waals surface area contributed by atoms with Gasteiger partial charge in [0.2, 0.25) is 0 Å². The van der Waals surface area contributed by atoms with E-state index in [9.17, 15) is 10.0 Å². The number of rotatable bonds is 3. The van der Waals surface area contributed by atoms with Crippen LogP contribution in [0.5, 0.6) is 0 Å². The lowest BCUT2D eigenvalue weighted by Crippen LogP contribution is -2.29. The molecule has 5 nitrogen and oxygen atoms in total. The summed E-state index contributed by atoms with van der Waals surface area (Å²) in [6.45, 7) is 0. The normalized spacial score (nSPS) is 11.1. The van der Waals surface area contributed by atoms with Crippen molar-refractivity contribution in [3.63, 3.8) is 0 Å². The highest BCUT2D eigenvalue weighted by Crippen LogP contribution is 2.31. The molecule has 0 amide bonds. The first-order chi connectivity index (χ1) is 11.6. The summed E-state index contributed by atoms with van der Waals surface area (Å²) in [5.41, 5.74) is 3.38. The smallest absolute Gasteiger partial charge is 0.423 e. The van der Waals surface area contributed by atoms with E-state index < -0.39 is 7.12 Å². The summed E-state index contributed by atoms with van der Waals surface area (Å²) < 4.78 is 1.88. The highest BCUT2D eigenvalue weighted by atomic mass is 32.1. The highest BCUT2D eigenvalue weighted by molar-refractivity contribution is 7.17. The van der Waals surface area contributed by atoms with Crippen LogP contribution in [0.15, 0.2) is 54.7 Å². The van der Waals surface area contributed by atoms with Gasteiger partial charge in [-0.3, -0.25) is 0 Å². The van der Waals surface area contributed by atoms with Crippen LogP contribution in [-0.4, -0.2) is 31.9 Å². The third kappa shape index (κ3) is 2.52. The molecule has 118 valence electrons. The van der Waals surface area contributed by atoms with Crippen molar-refractivity contribution in [1.82, 2.24) is 14.8 Å². The number of aryl methyl sites for hydroxylation is 1. The Bertz CT molecular complexity index is 1010. The van der Waals surface area contributed by atoms with Crippen LogP contribution < -0.4 is 5.46 Å². The minimum atomic E-state index is -1.50. The maximum Gasteiger partial charge on any atom is 0.490 e. The first-order valence-corrected chi connectivity index (χ1v) is 8.29. The molecule has 0 atom stereocenters. The first kappa shape index (κ1) is 15.1. The van der Waals surface area contributed by atoms with Gasteiger partial charge in [0.15, 0.2) is 0 Å². The third-order valence-corrected chi connectivity index (χ3v) is 5.01. The van der Waals surface area contributed by atoms with Gasteiger partial charge in [-0.25, -0.2) is 0 Å². The predicted molar refractivity (Wildman–Crippen MR) is 97.1 cm³/mol. The number of hydrogen-bond donors (Lipinski definition) is 2. The number of fused-ring (bicyclic) bond motifs is 1. The van der Waals surface area contributed by atoms with E-state index in [1.54, 1.807) is 6.20 Å². The second kappa shape index (κ2) is 5.87. The van der Waals surface area contributed by atoms with Gasteiger partial charge in [0.25, 0.3) is 0 Å². The molecule has 2 N–H and O–H groups in total. The van der Waals surface area contributed by atoms with Crippen molar-refractivity contribution in [3.05, 3.63) is 54.7 Å².